The Balaban J connectivity index is 2.57. The van der Waals surface area contributed by atoms with Crippen molar-refractivity contribution in [2.45, 2.75) is 31.2 Å². The van der Waals surface area contributed by atoms with Gasteiger partial charge in [0.1, 0.15) is 0 Å². The summed E-state index contributed by atoms with van der Waals surface area (Å²) in [6.07, 6.45) is 0.183. The van der Waals surface area contributed by atoms with Crippen molar-refractivity contribution in [1.29, 1.82) is 5.26 Å². The molecule has 0 saturated heterocycles. The van der Waals surface area contributed by atoms with Crippen LogP contribution < -0.4 is 0 Å². The number of sulfonamides is 1. The highest BCUT2D eigenvalue weighted by Gasteiger charge is 2.27. The zero-order chi connectivity index (χ0) is 15.5. The third-order valence-electron chi connectivity index (χ3n) is 3.36. The molecule has 2 rings (SSSR count). The summed E-state index contributed by atoms with van der Waals surface area (Å²) in [5.41, 5.74) is 0. The summed E-state index contributed by atoms with van der Waals surface area (Å²) >= 11 is 0. The summed E-state index contributed by atoms with van der Waals surface area (Å²) in [5, 5.41) is 10.3. The van der Waals surface area contributed by atoms with Crippen LogP contribution in [0, 0.1) is 11.3 Å². The van der Waals surface area contributed by atoms with Gasteiger partial charge in [-0.2, -0.15) is 9.57 Å². The molecule has 0 fully saturated rings. The molecule has 110 valence electrons. The summed E-state index contributed by atoms with van der Waals surface area (Å²) < 4.78 is 27.2. The van der Waals surface area contributed by atoms with Crippen LogP contribution in [-0.2, 0) is 10.0 Å². The minimum Gasteiger partial charge on any atom is -0.207 e. The minimum atomic E-state index is -3.62. The smallest absolute Gasteiger partial charge is 0.207 e. The SMILES string of the molecule is CC(C)N(CCC#N)S(=O)(=O)c1cccc2ccccc12. The maximum Gasteiger partial charge on any atom is 0.243 e. The van der Waals surface area contributed by atoms with Crippen molar-refractivity contribution in [2.75, 3.05) is 6.54 Å². The van der Waals surface area contributed by atoms with Crippen molar-refractivity contribution in [3.8, 4) is 6.07 Å². The molecule has 0 unspecified atom stereocenters. The average molecular weight is 302 g/mol. The van der Waals surface area contributed by atoms with E-state index in [4.69, 9.17) is 5.26 Å². The van der Waals surface area contributed by atoms with Crippen LogP contribution in [0.4, 0.5) is 0 Å². The van der Waals surface area contributed by atoms with E-state index in [2.05, 4.69) is 0 Å². The van der Waals surface area contributed by atoms with Gasteiger partial charge in [0.2, 0.25) is 10.0 Å². The Morgan fingerprint density at radius 2 is 1.81 bits per heavy atom. The van der Waals surface area contributed by atoms with Gasteiger partial charge in [0.25, 0.3) is 0 Å². The number of benzene rings is 2. The predicted molar refractivity (Wildman–Crippen MR) is 83.2 cm³/mol. The molecule has 21 heavy (non-hydrogen) atoms. The summed E-state index contributed by atoms with van der Waals surface area (Å²) in [5.74, 6) is 0. The first kappa shape index (κ1) is 15.5. The number of hydrogen-bond donors (Lipinski definition) is 0. The second-order valence-corrected chi connectivity index (χ2v) is 6.95. The van der Waals surface area contributed by atoms with Crippen LogP contribution in [0.1, 0.15) is 20.3 Å². The van der Waals surface area contributed by atoms with Gasteiger partial charge in [0, 0.05) is 24.4 Å². The fraction of sp³-hybridized carbons (Fsp3) is 0.312. The lowest BCUT2D eigenvalue weighted by Gasteiger charge is -2.25. The molecule has 4 nitrogen and oxygen atoms in total. The molecule has 5 heteroatoms. The van der Waals surface area contributed by atoms with E-state index in [1.165, 1.54) is 4.31 Å². The lowest BCUT2D eigenvalue weighted by Crippen LogP contribution is -2.37. The van der Waals surface area contributed by atoms with Crippen LogP contribution in [0.2, 0.25) is 0 Å². The average Bonchev–Trinajstić information content (AvgIpc) is 2.46. The summed E-state index contributed by atoms with van der Waals surface area (Å²) in [6, 6.07) is 14.5. The van der Waals surface area contributed by atoms with E-state index in [-0.39, 0.29) is 19.0 Å². The quantitative estimate of drug-likeness (QED) is 0.852. The summed E-state index contributed by atoms with van der Waals surface area (Å²) in [6.45, 7) is 3.85. The molecule has 0 N–H and O–H groups in total. The van der Waals surface area contributed by atoms with Gasteiger partial charge in [0.05, 0.1) is 11.0 Å². The van der Waals surface area contributed by atoms with E-state index in [1.807, 2.05) is 50.2 Å². The molecular weight excluding hydrogens is 284 g/mol. The van der Waals surface area contributed by atoms with E-state index in [9.17, 15) is 8.42 Å². The maximum atomic E-state index is 12.9. The highest BCUT2D eigenvalue weighted by Crippen LogP contribution is 2.26. The Hall–Kier alpha value is -1.90. The Morgan fingerprint density at radius 3 is 2.48 bits per heavy atom. The van der Waals surface area contributed by atoms with E-state index in [0.717, 1.165) is 5.39 Å². The number of nitrogens with zero attached hydrogens (tertiary/aromatic N) is 2. The fourth-order valence-corrected chi connectivity index (χ4v) is 4.22. The van der Waals surface area contributed by atoms with Gasteiger partial charge in [-0.15, -0.1) is 0 Å². The standard InChI is InChI=1S/C16H18N2O2S/c1-13(2)18(12-6-11-17)21(19,20)16-10-5-8-14-7-3-4-9-15(14)16/h3-5,7-10,13H,6,12H2,1-2H3. The van der Waals surface area contributed by atoms with Crippen molar-refractivity contribution >= 4 is 20.8 Å². The molecule has 0 aliphatic heterocycles. The van der Waals surface area contributed by atoms with Crippen LogP contribution in [0.3, 0.4) is 0 Å². The highest BCUT2D eigenvalue weighted by molar-refractivity contribution is 7.89. The van der Waals surface area contributed by atoms with Gasteiger partial charge in [-0.25, -0.2) is 8.42 Å². The molecule has 0 aliphatic rings. The fourth-order valence-electron chi connectivity index (χ4n) is 2.36. The van der Waals surface area contributed by atoms with Crippen LogP contribution in [0.25, 0.3) is 10.8 Å². The van der Waals surface area contributed by atoms with E-state index < -0.39 is 10.0 Å². The molecule has 0 saturated carbocycles. The van der Waals surface area contributed by atoms with Crippen molar-refractivity contribution in [2.24, 2.45) is 0 Å². The normalized spacial score (nSPS) is 12.0. The maximum absolute atomic E-state index is 12.9. The van der Waals surface area contributed by atoms with Crippen LogP contribution in [0.15, 0.2) is 47.4 Å². The Bertz CT molecular complexity index is 771. The minimum absolute atomic E-state index is 0.183. The monoisotopic (exact) mass is 302 g/mol. The molecule has 0 aliphatic carbocycles. The van der Waals surface area contributed by atoms with E-state index >= 15 is 0 Å². The molecule has 0 bridgehead atoms. The van der Waals surface area contributed by atoms with Crippen LogP contribution in [0.5, 0.6) is 0 Å². The first-order valence-electron chi connectivity index (χ1n) is 6.85. The van der Waals surface area contributed by atoms with Crippen molar-refractivity contribution in [1.82, 2.24) is 4.31 Å². The zero-order valence-corrected chi connectivity index (χ0v) is 13.0. The van der Waals surface area contributed by atoms with Gasteiger partial charge in [0.15, 0.2) is 0 Å². The zero-order valence-electron chi connectivity index (χ0n) is 12.2. The molecule has 0 atom stereocenters. The van der Waals surface area contributed by atoms with Crippen molar-refractivity contribution in [3.63, 3.8) is 0 Å². The predicted octanol–water partition coefficient (Wildman–Crippen LogP) is 3.15. The van der Waals surface area contributed by atoms with E-state index in [0.29, 0.717) is 10.3 Å². The Labute approximate surface area is 125 Å². The third kappa shape index (κ3) is 3.07. The van der Waals surface area contributed by atoms with E-state index in [1.54, 1.807) is 12.1 Å². The molecule has 0 radical (unpaired) electrons. The lowest BCUT2D eigenvalue weighted by atomic mass is 10.1. The van der Waals surface area contributed by atoms with Gasteiger partial charge in [-0.1, -0.05) is 36.4 Å². The molecule has 2 aromatic rings. The topological polar surface area (TPSA) is 61.2 Å². The van der Waals surface area contributed by atoms with Crippen LogP contribution >= 0.6 is 0 Å². The first-order valence-corrected chi connectivity index (χ1v) is 8.29. The number of nitriles is 1. The van der Waals surface area contributed by atoms with Gasteiger partial charge in [-0.05, 0) is 25.3 Å². The first-order chi connectivity index (χ1) is 9.98. The Morgan fingerprint density at radius 1 is 1.14 bits per heavy atom. The largest absolute Gasteiger partial charge is 0.243 e. The van der Waals surface area contributed by atoms with Gasteiger partial charge >= 0.3 is 0 Å². The lowest BCUT2D eigenvalue weighted by molar-refractivity contribution is 0.361. The summed E-state index contributed by atoms with van der Waals surface area (Å²) in [4.78, 5) is 0.298. The molecule has 0 amide bonds. The molecule has 0 spiro atoms. The summed E-state index contributed by atoms with van der Waals surface area (Å²) in [7, 11) is -3.62. The number of fused-ring (bicyclic) bond motifs is 1. The second kappa shape index (κ2) is 6.25. The van der Waals surface area contributed by atoms with Gasteiger partial charge < -0.3 is 0 Å². The third-order valence-corrected chi connectivity index (χ3v) is 5.49. The van der Waals surface area contributed by atoms with Crippen LogP contribution in [-0.4, -0.2) is 25.3 Å². The molecule has 0 aromatic heterocycles. The van der Waals surface area contributed by atoms with Crippen molar-refractivity contribution in [3.05, 3.63) is 42.5 Å². The number of rotatable bonds is 5. The van der Waals surface area contributed by atoms with Gasteiger partial charge in [-0.3, -0.25) is 0 Å². The molecule has 2 aromatic carbocycles. The number of hydrogen-bond acceptors (Lipinski definition) is 3. The second-order valence-electron chi connectivity index (χ2n) is 5.09. The highest BCUT2D eigenvalue weighted by atomic mass is 32.2. The molecule has 0 heterocycles. The van der Waals surface area contributed by atoms with Crippen molar-refractivity contribution < 1.29 is 8.42 Å². The molecular formula is C16H18N2O2S. The Kier molecular flexibility index (Phi) is 4.61.